The molecule has 0 bridgehead atoms. The Kier molecular flexibility index (Phi) is 2.65. The molecule has 3 aliphatic rings. The molecule has 2 aliphatic carbocycles. The van der Waals surface area contributed by atoms with E-state index in [-0.39, 0.29) is 18.4 Å². The van der Waals surface area contributed by atoms with Gasteiger partial charge in [-0.25, -0.2) is 0 Å². The van der Waals surface area contributed by atoms with Gasteiger partial charge < -0.3 is 10.2 Å². The highest BCUT2D eigenvalue weighted by atomic mass is 16.2. The minimum Gasteiger partial charge on any atom is -0.340 e. The lowest BCUT2D eigenvalue weighted by Gasteiger charge is -2.40. The molecule has 100 valence electrons. The lowest BCUT2D eigenvalue weighted by molar-refractivity contribution is -0.151. The van der Waals surface area contributed by atoms with Gasteiger partial charge in [-0.05, 0) is 44.4 Å². The van der Waals surface area contributed by atoms with Crippen molar-refractivity contribution in [2.24, 2.45) is 11.8 Å². The third-order valence-electron chi connectivity index (χ3n) is 4.76. The normalized spacial score (nSPS) is 39.8. The summed E-state index contributed by atoms with van der Waals surface area (Å²) in [4.78, 5) is 26.3. The summed E-state index contributed by atoms with van der Waals surface area (Å²) in [6.45, 7) is 4.36. The van der Waals surface area contributed by atoms with E-state index in [0.717, 1.165) is 25.7 Å². The standard InChI is InChI=1S/C14H22N2O2/c1-3-4-9-7-11(9)16-8-12(17)15-14(2,13(16)18)10-5-6-10/h9-11H,3-8H2,1-2H3,(H,15,17). The van der Waals surface area contributed by atoms with Gasteiger partial charge >= 0.3 is 0 Å². The van der Waals surface area contributed by atoms with Crippen molar-refractivity contribution in [1.82, 2.24) is 10.2 Å². The van der Waals surface area contributed by atoms with Crippen LogP contribution in [-0.2, 0) is 9.59 Å². The summed E-state index contributed by atoms with van der Waals surface area (Å²) in [6, 6.07) is 0.335. The SMILES string of the molecule is CCCC1CC1N1CC(=O)NC(C)(C2CC2)C1=O. The van der Waals surface area contributed by atoms with Crippen molar-refractivity contribution in [2.75, 3.05) is 6.54 Å². The van der Waals surface area contributed by atoms with Crippen LogP contribution in [0.3, 0.4) is 0 Å². The van der Waals surface area contributed by atoms with Crippen molar-refractivity contribution >= 4 is 11.8 Å². The summed E-state index contributed by atoms with van der Waals surface area (Å²) in [7, 11) is 0. The molecule has 2 amide bonds. The second-order valence-corrected chi connectivity index (χ2v) is 6.31. The Bertz CT molecular complexity index is 391. The van der Waals surface area contributed by atoms with Gasteiger partial charge in [-0.3, -0.25) is 9.59 Å². The molecule has 3 fully saturated rings. The van der Waals surface area contributed by atoms with E-state index in [2.05, 4.69) is 12.2 Å². The molecule has 1 aliphatic heterocycles. The molecule has 18 heavy (non-hydrogen) atoms. The van der Waals surface area contributed by atoms with Crippen molar-refractivity contribution < 1.29 is 9.59 Å². The topological polar surface area (TPSA) is 49.4 Å². The molecule has 3 atom stereocenters. The van der Waals surface area contributed by atoms with Crippen LogP contribution in [0, 0.1) is 11.8 Å². The first-order valence-electron chi connectivity index (χ1n) is 7.18. The zero-order valence-corrected chi connectivity index (χ0v) is 11.2. The van der Waals surface area contributed by atoms with Crippen molar-refractivity contribution in [3.05, 3.63) is 0 Å². The van der Waals surface area contributed by atoms with Gasteiger partial charge in [0, 0.05) is 6.04 Å². The van der Waals surface area contributed by atoms with Crippen LogP contribution < -0.4 is 5.32 Å². The van der Waals surface area contributed by atoms with Gasteiger partial charge in [0.05, 0.1) is 6.54 Å². The largest absolute Gasteiger partial charge is 0.340 e. The Hall–Kier alpha value is -1.06. The van der Waals surface area contributed by atoms with E-state index < -0.39 is 5.54 Å². The molecule has 3 unspecified atom stereocenters. The number of carbonyl (C=O) groups excluding carboxylic acids is 2. The second-order valence-electron chi connectivity index (χ2n) is 6.31. The van der Waals surface area contributed by atoms with E-state index in [1.54, 1.807) is 0 Å². The molecule has 3 rings (SSSR count). The number of hydrogen-bond acceptors (Lipinski definition) is 2. The van der Waals surface area contributed by atoms with E-state index in [4.69, 9.17) is 0 Å². The van der Waals surface area contributed by atoms with Crippen LogP contribution in [-0.4, -0.2) is 34.8 Å². The summed E-state index contributed by atoms with van der Waals surface area (Å²) in [5.74, 6) is 1.17. The Morgan fingerprint density at radius 3 is 2.72 bits per heavy atom. The number of carbonyl (C=O) groups is 2. The first-order valence-corrected chi connectivity index (χ1v) is 7.18. The lowest BCUT2D eigenvalue weighted by atomic mass is 9.91. The third kappa shape index (κ3) is 1.82. The average molecular weight is 250 g/mol. The number of nitrogens with one attached hydrogen (secondary N) is 1. The fourth-order valence-electron chi connectivity index (χ4n) is 3.41. The quantitative estimate of drug-likeness (QED) is 0.817. The first kappa shape index (κ1) is 12.0. The zero-order valence-electron chi connectivity index (χ0n) is 11.2. The Morgan fingerprint density at radius 1 is 1.39 bits per heavy atom. The molecule has 1 saturated heterocycles. The maximum absolute atomic E-state index is 12.6. The van der Waals surface area contributed by atoms with Gasteiger partial charge in [0.15, 0.2) is 0 Å². The summed E-state index contributed by atoms with van der Waals surface area (Å²) in [6.07, 6.45) is 5.57. The monoisotopic (exact) mass is 250 g/mol. The zero-order chi connectivity index (χ0) is 12.9. The fourth-order valence-corrected chi connectivity index (χ4v) is 3.41. The van der Waals surface area contributed by atoms with Gasteiger partial charge in [0.1, 0.15) is 5.54 Å². The minimum absolute atomic E-state index is 0.0196. The predicted octanol–water partition coefficient (Wildman–Crippen LogP) is 1.30. The highest BCUT2D eigenvalue weighted by Crippen LogP contribution is 2.45. The smallest absolute Gasteiger partial charge is 0.249 e. The van der Waals surface area contributed by atoms with Crippen molar-refractivity contribution in [3.8, 4) is 0 Å². The van der Waals surface area contributed by atoms with Crippen molar-refractivity contribution in [3.63, 3.8) is 0 Å². The van der Waals surface area contributed by atoms with Crippen molar-refractivity contribution in [1.29, 1.82) is 0 Å². The van der Waals surface area contributed by atoms with Crippen LogP contribution in [0.2, 0.25) is 0 Å². The summed E-state index contributed by atoms with van der Waals surface area (Å²) in [5.41, 5.74) is -0.616. The number of nitrogens with zero attached hydrogens (tertiary/aromatic N) is 1. The van der Waals surface area contributed by atoms with E-state index in [1.165, 1.54) is 6.42 Å². The molecule has 1 N–H and O–H groups in total. The van der Waals surface area contributed by atoms with Crippen LogP contribution >= 0.6 is 0 Å². The molecule has 1 heterocycles. The number of piperazine rings is 1. The minimum atomic E-state index is -0.616. The molecule has 2 saturated carbocycles. The van der Waals surface area contributed by atoms with Crippen LogP contribution in [0.15, 0.2) is 0 Å². The van der Waals surface area contributed by atoms with Gasteiger partial charge in [-0.15, -0.1) is 0 Å². The van der Waals surface area contributed by atoms with Gasteiger partial charge in [-0.1, -0.05) is 13.3 Å². The molecule has 4 heteroatoms. The fraction of sp³-hybridized carbons (Fsp3) is 0.857. The second kappa shape index (κ2) is 3.97. The Morgan fingerprint density at radius 2 is 2.11 bits per heavy atom. The van der Waals surface area contributed by atoms with Crippen LogP contribution in [0.25, 0.3) is 0 Å². The molecular weight excluding hydrogens is 228 g/mol. The molecule has 0 radical (unpaired) electrons. The van der Waals surface area contributed by atoms with Crippen LogP contribution in [0.1, 0.15) is 46.0 Å². The molecule has 4 nitrogen and oxygen atoms in total. The molecule has 0 aromatic rings. The maximum Gasteiger partial charge on any atom is 0.249 e. The summed E-state index contributed by atoms with van der Waals surface area (Å²) < 4.78 is 0. The Labute approximate surface area is 108 Å². The summed E-state index contributed by atoms with van der Waals surface area (Å²) in [5, 5.41) is 2.93. The molecular formula is C14H22N2O2. The highest BCUT2D eigenvalue weighted by Gasteiger charge is 2.56. The summed E-state index contributed by atoms with van der Waals surface area (Å²) >= 11 is 0. The maximum atomic E-state index is 12.6. The lowest BCUT2D eigenvalue weighted by Crippen LogP contribution is -2.66. The Balaban J connectivity index is 1.74. The highest BCUT2D eigenvalue weighted by molar-refractivity contribution is 5.98. The van der Waals surface area contributed by atoms with E-state index in [0.29, 0.717) is 17.9 Å². The number of hydrogen-bond donors (Lipinski definition) is 1. The van der Waals surface area contributed by atoms with Gasteiger partial charge in [-0.2, -0.15) is 0 Å². The first-order chi connectivity index (χ1) is 8.56. The van der Waals surface area contributed by atoms with E-state index in [1.807, 2.05) is 11.8 Å². The van der Waals surface area contributed by atoms with Crippen LogP contribution in [0.5, 0.6) is 0 Å². The number of rotatable bonds is 4. The predicted molar refractivity (Wildman–Crippen MR) is 67.8 cm³/mol. The molecule has 0 aromatic carbocycles. The molecule has 0 aromatic heterocycles. The average Bonchev–Trinajstić information content (AvgIpc) is 3.15. The van der Waals surface area contributed by atoms with E-state index >= 15 is 0 Å². The molecule has 0 spiro atoms. The number of amides is 2. The van der Waals surface area contributed by atoms with Crippen molar-refractivity contribution in [2.45, 2.75) is 57.5 Å². The van der Waals surface area contributed by atoms with Gasteiger partial charge in [0.25, 0.3) is 0 Å². The van der Waals surface area contributed by atoms with E-state index in [9.17, 15) is 9.59 Å². The van der Waals surface area contributed by atoms with Gasteiger partial charge in [0.2, 0.25) is 11.8 Å². The van der Waals surface area contributed by atoms with Crippen LogP contribution in [0.4, 0.5) is 0 Å². The third-order valence-corrected chi connectivity index (χ3v) is 4.76.